The van der Waals surface area contributed by atoms with Crippen LogP contribution in [0.25, 0.3) is 0 Å². The minimum absolute atomic E-state index is 0.132. The zero-order chi connectivity index (χ0) is 15.2. The van der Waals surface area contributed by atoms with Gasteiger partial charge in [0.05, 0.1) is 13.5 Å². The Bertz CT molecular complexity index is 673. The van der Waals surface area contributed by atoms with E-state index in [1.807, 2.05) is 6.07 Å². The van der Waals surface area contributed by atoms with Crippen LogP contribution in [0.3, 0.4) is 0 Å². The van der Waals surface area contributed by atoms with Crippen LogP contribution in [0.4, 0.5) is 5.69 Å². The van der Waals surface area contributed by atoms with Gasteiger partial charge in [0.25, 0.3) is 0 Å². The molecule has 0 saturated carbocycles. The molecule has 1 aromatic carbocycles. The largest absolute Gasteiger partial charge is 0.464 e. The fourth-order valence-corrected chi connectivity index (χ4v) is 1.95. The first-order valence-electron chi connectivity index (χ1n) is 6.18. The maximum absolute atomic E-state index is 12.0. The van der Waals surface area contributed by atoms with Gasteiger partial charge < -0.3 is 10.1 Å². The molecule has 5 nitrogen and oxygen atoms in total. The van der Waals surface area contributed by atoms with Gasteiger partial charge in [-0.25, -0.2) is 9.78 Å². The number of amides is 1. The molecule has 108 valence electrons. The molecule has 0 aliphatic heterocycles. The molecule has 0 aliphatic rings. The van der Waals surface area contributed by atoms with Crippen molar-refractivity contribution < 1.29 is 14.3 Å². The third kappa shape index (κ3) is 4.03. The third-order valence-corrected chi connectivity index (χ3v) is 3.12. The van der Waals surface area contributed by atoms with Gasteiger partial charge in [0, 0.05) is 16.9 Å². The summed E-state index contributed by atoms with van der Waals surface area (Å²) in [7, 11) is 1.27. The van der Waals surface area contributed by atoms with E-state index in [1.165, 1.54) is 19.4 Å². The lowest BCUT2D eigenvalue weighted by Crippen LogP contribution is -2.15. The Hall–Kier alpha value is -2.40. The summed E-state index contributed by atoms with van der Waals surface area (Å²) in [6.07, 6.45) is 1.58. The molecule has 1 amide bonds. The molecule has 6 heteroatoms. The SMILES string of the molecule is COC(=O)c1cc(NC(=O)Cc2ccccc2Cl)ccn1. The summed E-state index contributed by atoms with van der Waals surface area (Å²) in [6.45, 7) is 0. The van der Waals surface area contributed by atoms with Crippen LogP contribution in [0.2, 0.25) is 5.02 Å². The highest BCUT2D eigenvalue weighted by molar-refractivity contribution is 6.31. The van der Waals surface area contributed by atoms with E-state index in [9.17, 15) is 9.59 Å². The molecule has 0 unspecified atom stereocenters. The summed E-state index contributed by atoms with van der Waals surface area (Å²) >= 11 is 6.01. The Labute approximate surface area is 126 Å². The monoisotopic (exact) mass is 304 g/mol. The molecule has 0 fully saturated rings. The van der Waals surface area contributed by atoms with E-state index in [1.54, 1.807) is 24.3 Å². The number of nitrogens with zero attached hydrogens (tertiary/aromatic N) is 1. The van der Waals surface area contributed by atoms with E-state index in [-0.39, 0.29) is 18.0 Å². The quantitative estimate of drug-likeness (QED) is 0.882. The lowest BCUT2D eigenvalue weighted by atomic mass is 10.1. The summed E-state index contributed by atoms with van der Waals surface area (Å²) in [5.41, 5.74) is 1.34. The van der Waals surface area contributed by atoms with Gasteiger partial charge in [-0.1, -0.05) is 29.8 Å². The van der Waals surface area contributed by atoms with E-state index in [0.29, 0.717) is 10.7 Å². The standard InChI is InChI=1S/C15H13ClN2O3/c1-21-15(20)13-9-11(6-7-17-13)18-14(19)8-10-4-2-3-5-12(10)16/h2-7,9H,8H2,1H3,(H,17,18,19). The van der Waals surface area contributed by atoms with Gasteiger partial charge in [-0.05, 0) is 23.8 Å². The molecule has 0 radical (unpaired) electrons. The predicted octanol–water partition coefficient (Wildman–Crippen LogP) is 2.70. The molecule has 2 aromatic rings. The molecule has 1 N–H and O–H groups in total. The third-order valence-electron chi connectivity index (χ3n) is 2.75. The van der Waals surface area contributed by atoms with Crippen molar-refractivity contribution in [2.75, 3.05) is 12.4 Å². The number of hydrogen-bond acceptors (Lipinski definition) is 4. The van der Waals surface area contributed by atoms with Crippen LogP contribution in [0.15, 0.2) is 42.6 Å². The lowest BCUT2D eigenvalue weighted by molar-refractivity contribution is -0.115. The molecule has 0 spiro atoms. The average molecular weight is 305 g/mol. The van der Waals surface area contributed by atoms with Crippen molar-refractivity contribution in [3.8, 4) is 0 Å². The van der Waals surface area contributed by atoms with Gasteiger partial charge in [0.15, 0.2) is 0 Å². The number of carbonyl (C=O) groups excluding carboxylic acids is 2. The maximum Gasteiger partial charge on any atom is 0.356 e. The van der Waals surface area contributed by atoms with Crippen molar-refractivity contribution in [1.82, 2.24) is 4.98 Å². The molecule has 0 aliphatic carbocycles. The zero-order valence-corrected chi connectivity index (χ0v) is 12.1. The van der Waals surface area contributed by atoms with Gasteiger partial charge in [0.2, 0.25) is 5.91 Å². The summed E-state index contributed by atoms with van der Waals surface area (Å²) in [6, 6.07) is 10.2. The molecule has 2 rings (SSSR count). The normalized spacial score (nSPS) is 10.0. The van der Waals surface area contributed by atoms with Gasteiger partial charge >= 0.3 is 5.97 Å². The maximum atomic E-state index is 12.0. The van der Waals surface area contributed by atoms with Crippen LogP contribution < -0.4 is 5.32 Å². The first-order chi connectivity index (χ1) is 10.1. The van der Waals surface area contributed by atoms with Gasteiger partial charge in [-0.3, -0.25) is 4.79 Å². The second kappa shape index (κ2) is 6.85. The number of anilines is 1. The number of hydrogen-bond donors (Lipinski definition) is 1. The van der Waals surface area contributed by atoms with E-state index in [2.05, 4.69) is 15.0 Å². The van der Waals surface area contributed by atoms with E-state index >= 15 is 0 Å². The van der Waals surface area contributed by atoms with Crippen molar-refractivity contribution in [2.45, 2.75) is 6.42 Å². The lowest BCUT2D eigenvalue weighted by Gasteiger charge is -2.07. The van der Waals surface area contributed by atoms with Crippen molar-refractivity contribution in [3.05, 3.63) is 58.9 Å². The Morgan fingerprint density at radius 1 is 1.29 bits per heavy atom. The van der Waals surface area contributed by atoms with Crippen LogP contribution in [-0.2, 0) is 16.0 Å². The molecule has 1 aromatic heterocycles. The van der Waals surface area contributed by atoms with Crippen LogP contribution >= 0.6 is 11.6 Å². The molecule has 0 saturated heterocycles. The fourth-order valence-electron chi connectivity index (χ4n) is 1.74. The number of aromatic nitrogens is 1. The molecular weight excluding hydrogens is 292 g/mol. The van der Waals surface area contributed by atoms with E-state index < -0.39 is 5.97 Å². The van der Waals surface area contributed by atoms with E-state index in [4.69, 9.17) is 11.6 Å². The summed E-state index contributed by atoms with van der Waals surface area (Å²) in [5.74, 6) is -0.790. The molecule has 0 bridgehead atoms. The molecule has 21 heavy (non-hydrogen) atoms. The van der Waals surface area contributed by atoms with Crippen molar-refractivity contribution in [1.29, 1.82) is 0 Å². The highest BCUT2D eigenvalue weighted by Crippen LogP contribution is 2.16. The first-order valence-corrected chi connectivity index (χ1v) is 6.55. The minimum Gasteiger partial charge on any atom is -0.464 e. The number of methoxy groups -OCH3 is 1. The highest BCUT2D eigenvalue weighted by Gasteiger charge is 2.10. The smallest absolute Gasteiger partial charge is 0.356 e. The number of ether oxygens (including phenoxy) is 1. The fraction of sp³-hybridized carbons (Fsp3) is 0.133. The van der Waals surface area contributed by atoms with Crippen molar-refractivity contribution >= 4 is 29.2 Å². The van der Waals surface area contributed by atoms with Crippen molar-refractivity contribution in [3.63, 3.8) is 0 Å². The topological polar surface area (TPSA) is 68.3 Å². The van der Waals surface area contributed by atoms with Crippen LogP contribution in [0.1, 0.15) is 16.1 Å². The Morgan fingerprint density at radius 3 is 2.76 bits per heavy atom. The molecule has 1 heterocycles. The molecular formula is C15H13ClN2O3. The summed E-state index contributed by atoms with van der Waals surface area (Å²) < 4.78 is 4.58. The van der Waals surface area contributed by atoms with E-state index in [0.717, 1.165) is 5.56 Å². The second-order valence-electron chi connectivity index (χ2n) is 4.24. The Balaban J connectivity index is 2.06. The Kier molecular flexibility index (Phi) is 4.90. The first kappa shape index (κ1) is 15.0. The molecule has 0 atom stereocenters. The van der Waals surface area contributed by atoms with Crippen molar-refractivity contribution in [2.24, 2.45) is 0 Å². The van der Waals surface area contributed by atoms with Crippen LogP contribution in [0, 0.1) is 0 Å². The van der Waals surface area contributed by atoms with Gasteiger partial charge in [-0.2, -0.15) is 0 Å². The number of nitrogens with one attached hydrogen (secondary N) is 1. The Morgan fingerprint density at radius 2 is 2.05 bits per heavy atom. The van der Waals surface area contributed by atoms with Crippen LogP contribution in [0.5, 0.6) is 0 Å². The number of halogens is 1. The summed E-state index contributed by atoms with van der Waals surface area (Å²) in [5, 5.41) is 3.23. The van der Waals surface area contributed by atoms with Crippen LogP contribution in [-0.4, -0.2) is 24.0 Å². The number of esters is 1. The number of pyridine rings is 1. The zero-order valence-electron chi connectivity index (χ0n) is 11.3. The van der Waals surface area contributed by atoms with Gasteiger partial charge in [-0.15, -0.1) is 0 Å². The summed E-state index contributed by atoms with van der Waals surface area (Å²) in [4.78, 5) is 27.2. The predicted molar refractivity (Wildman–Crippen MR) is 79.4 cm³/mol. The second-order valence-corrected chi connectivity index (χ2v) is 4.64. The number of rotatable bonds is 4. The minimum atomic E-state index is -0.558. The average Bonchev–Trinajstić information content (AvgIpc) is 2.49. The van der Waals surface area contributed by atoms with Gasteiger partial charge in [0.1, 0.15) is 5.69 Å². The number of benzene rings is 1. The highest BCUT2D eigenvalue weighted by atomic mass is 35.5. The number of carbonyl (C=O) groups is 2.